The van der Waals surface area contributed by atoms with E-state index in [9.17, 15) is 14.4 Å². The van der Waals surface area contributed by atoms with Crippen LogP contribution in [0.5, 0.6) is 11.5 Å². The SMILES string of the molecule is NC(=O)C1CCN([C@@H]2CC(=O)N(c3ccc4c(c3)OCCO4)C2=O)CC1. The number of hydrogen-bond donors (Lipinski definition) is 1. The molecule has 1 atom stereocenters. The molecule has 3 aliphatic rings. The van der Waals surface area contributed by atoms with Crippen LogP contribution in [0, 0.1) is 5.92 Å². The molecule has 0 unspecified atom stereocenters. The lowest BCUT2D eigenvalue weighted by atomic mass is 9.95. The molecule has 2 fully saturated rings. The fourth-order valence-corrected chi connectivity index (χ4v) is 3.84. The molecular formula is C18H21N3O5. The van der Waals surface area contributed by atoms with Gasteiger partial charge in [0.05, 0.1) is 18.2 Å². The van der Waals surface area contributed by atoms with Gasteiger partial charge < -0.3 is 15.2 Å². The Balaban J connectivity index is 1.50. The molecule has 0 aromatic heterocycles. The molecule has 0 aliphatic carbocycles. The van der Waals surface area contributed by atoms with Gasteiger partial charge >= 0.3 is 0 Å². The van der Waals surface area contributed by atoms with Crippen molar-refractivity contribution >= 4 is 23.4 Å². The number of nitrogens with two attached hydrogens (primary N) is 1. The second-order valence-corrected chi connectivity index (χ2v) is 6.83. The Labute approximate surface area is 150 Å². The minimum absolute atomic E-state index is 0.146. The average molecular weight is 359 g/mol. The predicted molar refractivity (Wildman–Crippen MR) is 91.8 cm³/mol. The third kappa shape index (κ3) is 2.90. The molecule has 4 rings (SSSR count). The van der Waals surface area contributed by atoms with E-state index in [1.807, 2.05) is 4.90 Å². The van der Waals surface area contributed by atoms with Gasteiger partial charge in [-0.2, -0.15) is 0 Å². The van der Waals surface area contributed by atoms with E-state index in [1.165, 1.54) is 4.90 Å². The first-order valence-electron chi connectivity index (χ1n) is 8.84. The van der Waals surface area contributed by atoms with Gasteiger partial charge in [-0.1, -0.05) is 0 Å². The molecule has 26 heavy (non-hydrogen) atoms. The Morgan fingerprint density at radius 3 is 2.46 bits per heavy atom. The van der Waals surface area contributed by atoms with E-state index in [0.717, 1.165) is 0 Å². The number of piperidine rings is 1. The van der Waals surface area contributed by atoms with E-state index in [1.54, 1.807) is 18.2 Å². The lowest BCUT2D eigenvalue weighted by molar-refractivity contribution is -0.124. The van der Waals surface area contributed by atoms with Gasteiger partial charge in [-0.3, -0.25) is 19.3 Å². The third-order valence-corrected chi connectivity index (χ3v) is 5.28. The number of imide groups is 1. The highest BCUT2D eigenvalue weighted by Gasteiger charge is 2.44. The van der Waals surface area contributed by atoms with Crippen LogP contribution in [0.4, 0.5) is 5.69 Å². The van der Waals surface area contributed by atoms with E-state index in [-0.39, 0.29) is 30.1 Å². The topological polar surface area (TPSA) is 102 Å². The summed E-state index contributed by atoms with van der Waals surface area (Å²) in [5.74, 6) is 0.255. The van der Waals surface area contributed by atoms with E-state index < -0.39 is 6.04 Å². The highest BCUT2D eigenvalue weighted by molar-refractivity contribution is 6.22. The quantitative estimate of drug-likeness (QED) is 0.778. The van der Waals surface area contributed by atoms with Gasteiger partial charge in [0.25, 0.3) is 5.91 Å². The molecule has 1 aromatic rings. The van der Waals surface area contributed by atoms with Crippen LogP contribution in [0.25, 0.3) is 0 Å². The Morgan fingerprint density at radius 1 is 1.08 bits per heavy atom. The third-order valence-electron chi connectivity index (χ3n) is 5.28. The van der Waals surface area contributed by atoms with Gasteiger partial charge in [-0.05, 0) is 38.1 Å². The zero-order valence-electron chi connectivity index (χ0n) is 14.3. The number of carbonyl (C=O) groups is 3. The van der Waals surface area contributed by atoms with Crippen LogP contribution in [-0.2, 0) is 14.4 Å². The van der Waals surface area contributed by atoms with Crippen LogP contribution in [0.2, 0.25) is 0 Å². The number of ether oxygens (including phenoxy) is 2. The zero-order chi connectivity index (χ0) is 18.3. The van der Waals surface area contributed by atoms with Crippen LogP contribution < -0.4 is 20.1 Å². The van der Waals surface area contributed by atoms with Crippen LogP contribution in [0.1, 0.15) is 19.3 Å². The summed E-state index contributed by atoms with van der Waals surface area (Å²) in [6.45, 7) is 2.10. The molecule has 3 aliphatic heterocycles. The van der Waals surface area contributed by atoms with Crippen LogP contribution in [0.3, 0.4) is 0 Å². The lowest BCUT2D eigenvalue weighted by Crippen LogP contribution is -2.47. The van der Waals surface area contributed by atoms with E-state index in [0.29, 0.717) is 56.3 Å². The smallest absolute Gasteiger partial charge is 0.251 e. The summed E-state index contributed by atoms with van der Waals surface area (Å²) < 4.78 is 11.0. The minimum atomic E-state index is -0.482. The number of hydrogen-bond acceptors (Lipinski definition) is 6. The van der Waals surface area contributed by atoms with E-state index in [4.69, 9.17) is 15.2 Å². The number of nitrogens with zero attached hydrogens (tertiary/aromatic N) is 2. The van der Waals surface area contributed by atoms with Crippen LogP contribution in [0.15, 0.2) is 18.2 Å². The Morgan fingerprint density at radius 2 is 1.77 bits per heavy atom. The van der Waals surface area contributed by atoms with Gasteiger partial charge in [0.1, 0.15) is 13.2 Å². The molecular weight excluding hydrogens is 338 g/mol. The van der Waals surface area contributed by atoms with Gasteiger partial charge in [0.2, 0.25) is 11.8 Å². The molecule has 0 saturated carbocycles. The van der Waals surface area contributed by atoms with Gasteiger partial charge in [-0.25, -0.2) is 4.90 Å². The van der Waals surface area contributed by atoms with Crippen molar-refractivity contribution in [3.63, 3.8) is 0 Å². The minimum Gasteiger partial charge on any atom is -0.486 e. The van der Waals surface area contributed by atoms with E-state index >= 15 is 0 Å². The van der Waals surface area contributed by atoms with Crippen molar-refractivity contribution in [2.24, 2.45) is 11.7 Å². The highest BCUT2D eigenvalue weighted by Crippen LogP contribution is 2.36. The lowest BCUT2D eigenvalue weighted by Gasteiger charge is -2.33. The summed E-state index contributed by atoms with van der Waals surface area (Å²) >= 11 is 0. The number of primary amides is 1. The van der Waals surface area contributed by atoms with Crippen molar-refractivity contribution < 1.29 is 23.9 Å². The maximum atomic E-state index is 12.9. The fourth-order valence-electron chi connectivity index (χ4n) is 3.84. The summed E-state index contributed by atoms with van der Waals surface area (Å²) in [4.78, 5) is 39.9. The number of carbonyl (C=O) groups excluding carboxylic acids is 3. The van der Waals surface area contributed by atoms with Crippen molar-refractivity contribution in [1.29, 1.82) is 0 Å². The first-order valence-corrected chi connectivity index (χ1v) is 8.84. The molecule has 138 valence electrons. The predicted octanol–water partition coefficient (Wildman–Crippen LogP) is 0.287. The number of anilines is 1. The number of fused-ring (bicyclic) bond motifs is 1. The largest absolute Gasteiger partial charge is 0.486 e. The standard InChI is InChI=1S/C18H21N3O5/c19-17(23)11-3-5-20(6-4-11)13-10-16(22)21(18(13)24)12-1-2-14-15(9-12)26-8-7-25-14/h1-2,9,11,13H,3-8,10H2,(H2,19,23)/t13-/m1/s1. The van der Waals surface area contributed by atoms with Crippen LogP contribution in [-0.4, -0.2) is 55.0 Å². The van der Waals surface area contributed by atoms with Crippen molar-refractivity contribution in [3.8, 4) is 11.5 Å². The summed E-state index contributed by atoms with van der Waals surface area (Å²) in [6.07, 6.45) is 1.39. The second-order valence-electron chi connectivity index (χ2n) is 6.83. The number of rotatable bonds is 3. The molecule has 1 aromatic carbocycles. The maximum Gasteiger partial charge on any atom is 0.251 e. The van der Waals surface area contributed by atoms with Gasteiger partial charge in [0.15, 0.2) is 11.5 Å². The Kier molecular flexibility index (Phi) is 4.28. The fraction of sp³-hybridized carbons (Fsp3) is 0.500. The summed E-state index contributed by atoms with van der Waals surface area (Å²) in [7, 11) is 0. The second kappa shape index (κ2) is 6.60. The molecule has 3 heterocycles. The molecule has 8 heteroatoms. The molecule has 8 nitrogen and oxygen atoms in total. The monoisotopic (exact) mass is 359 g/mol. The Bertz CT molecular complexity index is 757. The van der Waals surface area contributed by atoms with Crippen molar-refractivity contribution in [3.05, 3.63) is 18.2 Å². The number of likely N-dealkylation sites (tertiary alicyclic amines) is 1. The van der Waals surface area contributed by atoms with Crippen LogP contribution >= 0.6 is 0 Å². The molecule has 2 saturated heterocycles. The maximum absolute atomic E-state index is 12.9. The van der Waals surface area contributed by atoms with E-state index in [2.05, 4.69) is 0 Å². The molecule has 0 spiro atoms. The molecule has 3 amide bonds. The summed E-state index contributed by atoms with van der Waals surface area (Å²) in [5.41, 5.74) is 5.86. The average Bonchev–Trinajstić information content (AvgIpc) is 2.95. The molecule has 2 N–H and O–H groups in total. The van der Waals surface area contributed by atoms with Gasteiger partial charge in [0, 0.05) is 12.0 Å². The summed E-state index contributed by atoms with van der Waals surface area (Å²) in [5, 5.41) is 0. The first-order chi connectivity index (χ1) is 12.5. The van der Waals surface area contributed by atoms with Crippen molar-refractivity contribution in [2.45, 2.75) is 25.3 Å². The zero-order valence-corrected chi connectivity index (χ0v) is 14.3. The number of benzene rings is 1. The van der Waals surface area contributed by atoms with Gasteiger partial charge in [-0.15, -0.1) is 0 Å². The number of amides is 3. The molecule has 0 radical (unpaired) electrons. The highest BCUT2D eigenvalue weighted by atomic mass is 16.6. The molecule has 0 bridgehead atoms. The van der Waals surface area contributed by atoms with Crippen molar-refractivity contribution in [2.75, 3.05) is 31.2 Å². The first kappa shape index (κ1) is 16.8. The summed E-state index contributed by atoms with van der Waals surface area (Å²) in [6, 6.07) is 4.61. The van der Waals surface area contributed by atoms with Crippen molar-refractivity contribution in [1.82, 2.24) is 4.90 Å². The Hall–Kier alpha value is -2.61. The normalized spacial score (nSPS) is 24.2.